The minimum absolute atomic E-state index is 0.294. The van der Waals surface area contributed by atoms with E-state index in [2.05, 4.69) is 23.3 Å². The van der Waals surface area contributed by atoms with Crippen LogP contribution in [0.15, 0.2) is 24.3 Å². The van der Waals surface area contributed by atoms with Crippen LogP contribution in [0, 0.1) is 0 Å². The van der Waals surface area contributed by atoms with Crippen molar-refractivity contribution in [3.05, 3.63) is 41.2 Å². The number of aldehydes is 1. The first-order valence-electron chi connectivity index (χ1n) is 6.37. The normalized spacial score (nSPS) is 10.4. The highest BCUT2D eigenvalue weighted by Crippen LogP contribution is 2.16. The second-order valence-electron chi connectivity index (χ2n) is 4.14. The van der Waals surface area contributed by atoms with Gasteiger partial charge in [0, 0.05) is 6.54 Å². The van der Waals surface area contributed by atoms with Crippen molar-refractivity contribution in [2.45, 2.75) is 33.4 Å². The highest BCUT2D eigenvalue weighted by molar-refractivity contribution is 5.73. The molecule has 1 heterocycles. The topological polar surface area (TPSA) is 57.0 Å². The maximum atomic E-state index is 10.9. The van der Waals surface area contributed by atoms with Crippen molar-refractivity contribution in [3.8, 4) is 5.75 Å². The van der Waals surface area contributed by atoms with Crippen LogP contribution in [-0.4, -0.2) is 21.3 Å². The molecule has 0 unspecified atom stereocenters. The average Bonchev–Trinajstić information content (AvgIpc) is 2.87. The zero-order valence-corrected chi connectivity index (χ0v) is 11.2. The van der Waals surface area contributed by atoms with Crippen LogP contribution in [0.1, 0.15) is 35.6 Å². The van der Waals surface area contributed by atoms with Gasteiger partial charge in [0.15, 0.2) is 12.0 Å². The number of benzene rings is 1. The highest BCUT2D eigenvalue weighted by Gasteiger charge is 2.11. The van der Waals surface area contributed by atoms with E-state index in [-0.39, 0.29) is 0 Å². The zero-order chi connectivity index (χ0) is 13.7. The highest BCUT2D eigenvalue weighted by atomic mass is 16.5. The molecule has 0 saturated carbocycles. The van der Waals surface area contributed by atoms with Gasteiger partial charge in [-0.1, -0.05) is 24.3 Å². The minimum Gasteiger partial charge on any atom is -0.487 e. The van der Waals surface area contributed by atoms with E-state index < -0.39 is 0 Å². The van der Waals surface area contributed by atoms with Crippen molar-refractivity contribution in [1.29, 1.82) is 0 Å². The molecule has 0 N–H and O–H groups in total. The molecule has 0 aliphatic rings. The van der Waals surface area contributed by atoms with Crippen molar-refractivity contribution in [1.82, 2.24) is 15.0 Å². The van der Waals surface area contributed by atoms with Gasteiger partial charge in [0.1, 0.15) is 18.1 Å². The van der Waals surface area contributed by atoms with E-state index in [1.807, 2.05) is 25.1 Å². The fourth-order valence-corrected chi connectivity index (χ4v) is 1.85. The quantitative estimate of drug-likeness (QED) is 0.747. The number of carbonyl (C=O) groups is 1. The first-order valence-corrected chi connectivity index (χ1v) is 6.37. The largest absolute Gasteiger partial charge is 0.487 e. The predicted molar refractivity (Wildman–Crippen MR) is 71.2 cm³/mol. The Bertz CT molecular complexity index is 564. The monoisotopic (exact) mass is 259 g/mol. The summed E-state index contributed by atoms with van der Waals surface area (Å²) in [6.07, 6.45) is 1.67. The summed E-state index contributed by atoms with van der Waals surface area (Å²) in [5.74, 6) is 0.792. The Kier molecular flexibility index (Phi) is 4.28. The number of rotatable bonds is 6. The van der Waals surface area contributed by atoms with Gasteiger partial charge in [-0.3, -0.25) is 4.79 Å². The Morgan fingerprint density at radius 3 is 2.89 bits per heavy atom. The molecule has 1 aromatic carbocycles. The number of ether oxygens (including phenoxy) is 1. The fourth-order valence-electron chi connectivity index (χ4n) is 1.85. The van der Waals surface area contributed by atoms with E-state index in [9.17, 15) is 4.79 Å². The molecule has 0 saturated heterocycles. The molecular formula is C14H17N3O2. The van der Waals surface area contributed by atoms with E-state index in [1.54, 1.807) is 4.68 Å². The molecule has 1 aromatic heterocycles. The van der Waals surface area contributed by atoms with E-state index in [1.165, 1.54) is 5.56 Å². The van der Waals surface area contributed by atoms with Crippen LogP contribution in [0.3, 0.4) is 0 Å². The molecule has 0 fully saturated rings. The van der Waals surface area contributed by atoms with Crippen LogP contribution in [0.25, 0.3) is 0 Å². The number of aromatic nitrogens is 3. The van der Waals surface area contributed by atoms with E-state index in [0.29, 0.717) is 30.8 Å². The predicted octanol–water partition coefficient (Wildman–Crippen LogP) is 2.25. The molecular weight excluding hydrogens is 242 g/mol. The van der Waals surface area contributed by atoms with Crippen LogP contribution in [0.2, 0.25) is 0 Å². The summed E-state index contributed by atoms with van der Waals surface area (Å²) < 4.78 is 7.39. The molecule has 0 atom stereocenters. The number of hydrogen-bond donors (Lipinski definition) is 0. The maximum Gasteiger partial charge on any atom is 0.172 e. The molecule has 0 spiro atoms. The van der Waals surface area contributed by atoms with Gasteiger partial charge in [0.05, 0.1) is 0 Å². The smallest absolute Gasteiger partial charge is 0.172 e. The van der Waals surface area contributed by atoms with Gasteiger partial charge in [-0.05, 0) is 31.0 Å². The van der Waals surface area contributed by atoms with Crippen molar-refractivity contribution in [2.24, 2.45) is 0 Å². The van der Waals surface area contributed by atoms with Crippen molar-refractivity contribution >= 4 is 6.29 Å². The average molecular weight is 259 g/mol. The fraction of sp³-hybridized carbons (Fsp3) is 0.357. The standard InChI is InChI=1S/C14H17N3O2/c1-3-11-6-5-7-12(8-11)19-10-14-13(9-18)15-16-17(14)4-2/h5-9H,3-4,10H2,1-2H3. The molecule has 2 aromatic rings. The lowest BCUT2D eigenvalue weighted by Crippen LogP contribution is -2.08. The van der Waals surface area contributed by atoms with Crippen LogP contribution in [0.5, 0.6) is 5.75 Å². The number of hydrogen-bond acceptors (Lipinski definition) is 4. The van der Waals surface area contributed by atoms with Gasteiger partial charge >= 0.3 is 0 Å². The zero-order valence-electron chi connectivity index (χ0n) is 11.2. The van der Waals surface area contributed by atoms with Crippen molar-refractivity contribution in [2.75, 3.05) is 0 Å². The third-order valence-corrected chi connectivity index (χ3v) is 2.96. The third kappa shape index (κ3) is 2.99. The van der Waals surface area contributed by atoms with Gasteiger partial charge < -0.3 is 4.74 Å². The molecule has 0 aliphatic heterocycles. The second-order valence-corrected chi connectivity index (χ2v) is 4.14. The number of carbonyl (C=O) groups excluding carboxylic acids is 1. The Balaban J connectivity index is 2.13. The lowest BCUT2D eigenvalue weighted by Gasteiger charge is -2.08. The van der Waals surface area contributed by atoms with E-state index >= 15 is 0 Å². The van der Waals surface area contributed by atoms with Gasteiger partial charge in [-0.2, -0.15) is 0 Å². The second kappa shape index (κ2) is 6.13. The summed E-state index contributed by atoms with van der Waals surface area (Å²) in [7, 11) is 0. The minimum atomic E-state index is 0.294. The van der Waals surface area contributed by atoms with Crippen LogP contribution < -0.4 is 4.74 Å². The summed E-state index contributed by atoms with van der Waals surface area (Å²) in [6.45, 7) is 5.00. The van der Waals surface area contributed by atoms with E-state index in [4.69, 9.17) is 4.74 Å². The van der Waals surface area contributed by atoms with Crippen LogP contribution >= 0.6 is 0 Å². The van der Waals surface area contributed by atoms with Gasteiger partial charge in [0.25, 0.3) is 0 Å². The summed E-state index contributed by atoms with van der Waals surface area (Å²) in [5, 5.41) is 7.72. The van der Waals surface area contributed by atoms with Crippen LogP contribution in [-0.2, 0) is 19.6 Å². The first kappa shape index (κ1) is 13.3. The molecule has 0 amide bonds. The molecule has 100 valence electrons. The van der Waals surface area contributed by atoms with E-state index in [0.717, 1.165) is 12.2 Å². The molecule has 0 radical (unpaired) electrons. The Morgan fingerprint density at radius 2 is 2.21 bits per heavy atom. The summed E-state index contributed by atoms with van der Waals surface area (Å²) in [5.41, 5.74) is 2.27. The number of aryl methyl sites for hydroxylation is 2. The Labute approximate surface area is 112 Å². The lowest BCUT2D eigenvalue weighted by atomic mass is 10.2. The summed E-state index contributed by atoms with van der Waals surface area (Å²) in [6, 6.07) is 7.92. The first-order chi connectivity index (χ1) is 9.28. The maximum absolute atomic E-state index is 10.9. The van der Waals surface area contributed by atoms with Gasteiger partial charge in [0.2, 0.25) is 0 Å². The van der Waals surface area contributed by atoms with Crippen LogP contribution in [0.4, 0.5) is 0 Å². The van der Waals surface area contributed by atoms with Gasteiger partial charge in [-0.15, -0.1) is 5.10 Å². The molecule has 5 heteroatoms. The van der Waals surface area contributed by atoms with Crippen molar-refractivity contribution in [3.63, 3.8) is 0 Å². The van der Waals surface area contributed by atoms with Gasteiger partial charge in [-0.25, -0.2) is 4.68 Å². The summed E-state index contributed by atoms with van der Waals surface area (Å²) >= 11 is 0. The summed E-state index contributed by atoms with van der Waals surface area (Å²) in [4.78, 5) is 10.9. The molecule has 2 rings (SSSR count). The SMILES string of the molecule is CCc1cccc(OCc2c(C=O)nnn2CC)c1. The number of nitrogens with zero attached hydrogens (tertiary/aromatic N) is 3. The lowest BCUT2D eigenvalue weighted by molar-refractivity contribution is 0.111. The Hall–Kier alpha value is -2.17. The molecule has 0 aliphatic carbocycles. The van der Waals surface area contributed by atoms with Crippen molar-refractivity contribution < 1.29 is 9.53 Å². The molecule has 5 nitrogen and oxygen atoms in total. The third-order valence-electron chi connectivity index (χ3n) is 2.96. The molecule has 0 bridgehead atoms. The Morgan fingerprint density at radius 1 is 1.37 bits per heavy atom. The molecule has 19 heavy (non-hydrogen) atoms.